The van der Waals surface area contributed by atoms with Crippen molar-refractivity contribution in [1.29, 1.82) is 0 Å². The number of carbonyl (C=O) groups is 4. The van der Waals surface area contributed by atoms with Gasteiger partial charge < -0.3 is 21.7 Å². The molecule has 8 nitrogen and oxygen atoms in total. The monoisotopic (exact) mass is 460 g/mol. The number of fused-ring (bicyclic) bond motifs is 2. The number of carbonyl (C=O) groups excluding carboxylic acids is 2. The number of carboxylic acid groups (broad SMARTS) is 2. The Hall–Kier alpha value is -4.43. The lowest BCUT2D eigenvalue weighted by Gasteiger charge is -2.21. The standard InChI is InChI=1S/C24H13ClN2O6/c25-12-7-11-9-5-1-3-8-4-2-6-10(13(8)9)14-15(11)17(16(12)23(30)31)20(24(32)33)19(22(27)29)18(14)21(26)28/h1-7H,(H2,26,28)(H2,27,29)(H,30,31)(H,32,33). The van der Waals surface area contributed by atoms with Crippen molar-refractivity contribution in [3.05, 3.63) is 69.7 Å². The van der Waals surface area contributed by atoms with Crippen LogP contribution in [-0.4, -0.2) is 34.0 Å². The SMILES string of the molecule is NC(=O)c1c(C(=O)O)c2c(C(=O)O)c(Cl)cc3c4cccc5cccc(c(c1C(N)=O)c23)c54. The summed E-state index contributed by atoms with van der Waals surface area (Å²) in [6.45, 7) is 0. The van der Waals surface area contributed by atoms with Gasteiger partial charge in [0, 0.05) is 16.2 Å². The normalized spacial score (nSPS) is 11.5. The molecular formula is C24H13ClN2O6. The van der Waals surface area contributed by atoms with E-state index in [9.17, 15) is 29.4 Å². The van der Waals surface area contributed by atoms with Crippen LogP contribution in [0, 0.1) is 0 Å². The fourth-order valence-electron chi connectivity index (χ4n) is 4.83. The molecule has 2 amide bonds. The molecule has 0 aliphatic heterocycles. The van der Waals surface area contributed by atoms with Crippen molar-refractivity contribution in [2.24, 2.45) is 11.5 Å². The number of aromatic carboxylic acids is 2. The molecule has 0 aliphatic rings. The Balaban J connectivity index is 2.36. The van der Waals surface area contributed by atoms with E-state index in [1.54, 1.807) is 24.3 Å². The van der Waals surface area contributed by atoms with Crippen LogP contribution in [0.1, 0.15) is 41.4 Å². The number of carboxylic acids is 2. The first-order valence-electron chi connectivity index (χ1n) is 9.60. The largest absolute Gasteiger partial charge is 0.478 e. The zero-order valence-corrected chi connectivity index (χ0v) is 17.4. The lowest BCUT2D eigenvalue weighted by molar-refractivity contribution is 0.0693. The molecule has 0 unspecified atom stereocenters. The third kappa shape index (κ3) is 2.58. The predicted molar refractivity (Wildman–Crippen MR) is 124 cm³/mol. The minimum atomic E-state index is -1.65. The summed E-state index contributed by atoms with van der Waals surface area (Å²) >= 11 is 6.35. The highest BCUT2D eigenvalue weighted by molar-refractivity contribution is 6.44. The van der Waals surface area contributed by atoms with Gasteiger partial charge in [0.25, 0.3) is 0 Å². The van der Waals surface area contributed by atoms with Crippen LogP contribution >= 0.6 is 11.6 Å². The van der Waals surface area contributed by atoms with Gasteiger partial charge >= 0.3 is 11.9 Å². The van der Waals surface area contributed by atoms with Crippen LogP contribution in [-0.2, 0) is 0 Å². The van der Waals surface area contributed by atoms with Crippen molar-refractivity contribution in [2.45, 2.75) is 0 Å². The highest BCUT2D eigenvalue weighted by Crippen LogP contribution is 2.46. The molecule has 0 spiro atoms. The number of hydrogen-bond acceptors (Lipinski definition) is 4. The van der Waals surface area contributed by atoms with Gasteiger partial charge in [0.1, 0.15) is 0 Å². The van der Waals surface area contributed by atoms with Gasteiger partial charge in [-0.05, 0) is 33.0 Å². The Morgan fingerprint density at radius 3 is 1.76 bits per heavy atom. The first kappa shape index (κ1) is 20.5. The summed E-state index contributed by atoms with van der Waals surface area (Å²) in [5.74, 6) is -5.45. The predicted octanol–water partition coefficient (Wildman–Crippen LogP) is 3.98. The summed E-state index contributed by atoms with van der Waals surface area (Å²) < 4.78 is 0. The lowest BCUT2D eigenvalue weighted by Crippen LogP contribution is -2.25. The van der Waals surface area contributed by atoms with Crippen LogP contribution in [0.15, 0.2) is 42.5 Å². The molecule has 0 atom stereocenters. The molecule has 0 radical (unpaired) electrons. The molecule has 0 aliphatic carbocycles. The second kappa shape index (κ2) is 6.78. The van der Waals surface area contributed by atoms with E-state index in [0.29, 0.717) is 21.5 Å². The van der Waals surface area contributed by atoms with E-state index < -0.39 is 40.4 Å². The molecule has 6 N–H and O–H groups in total. The maximum absolute atomic E-state index is 12.7. The van der Waals surface area contributed by atoms with Crippen molar-refractivity contribution in [3.63, 3.8) is 0 Å². The van der Waals surface area contributed by atoms with Gasteiger partial charge in [0.15, 0.2) is 0 Å². The van der Waals surface area contributed by atoms with E-state index in [0.717, 1.165) is 5.39 Å². The summed E-state index contributed by atoms with van der Waals surface area (Å²) in [4.78, 5) is 49.7. The molecule has 5 aromatic carbocycles. The Bertz CT molecular complexity index is 1740. The smallest absolute Gasteiger partial charge is 0.337 e. The van der Waals surface area contributed by atoms with Crippen LogP contribution in [0.4, 0.5) is 0 Å². The summed E-state index contributed by atoms with van der Waals surface area (Å²) in [5, 5.41) is 22.8. The fourth-order valence-corrected chi connectivity index (χ4v) is 5.12. The molecule has 162 valence electrons. The number of amides is 2. The Kier molecular flexibility index (Phi) is 4.21. The molecule has 5 aromatic rings. The van der Waals surface area contributed by atoms with Gasteiger partial charge in [-0.25, -0.2) is 9.59 Å². The average molecular weight is 461 g/mol. The quantitative estimate of drug-likeness (QED) is 0.234. The highest BCUT2D eigenvalue weighted by Gasteiger charge is 2.33. The zero-order valence-electron chi connectivity index (χ0n) is 16.6. The molecule has 0 heterocycles. The molecule has 0 saturated heterocycles. The minimum absolute atomic E-state index is 0.148. The van der Waals surface area contributed by atoms with Crippen LogP contribution < -0.4 is 11.5 Å². The zero-order chi connectivity index (χ0) is 23.8. The van der Waals surface area contributed by atoms with E-state index in [4.69, 9.17) is 23.1 Å². The number of rotatable bonds is 4. The summed E-state index contributed by atoms with van der Waals surface area (Å²) in [5.41, 5.74) is 8.89. The Morgan fingerprint density at radius 1 is 0.636 bits per heavy atom. The van der Waals surface area contributed by atoms with E-state index in [1.807, 2.05) is 12.1 Å². The number of benzene rings is 5. The van der Waals surface area contributed by atoms with Crippen molar-refractivity contribution < 1.29 is 29.4 Å². The van der Waals surface area contributed by atoms with Crippen LogP contribution in [0.2, 0.25) is 5.02 Å². The molecule has 5 rings (SSSR count). The molecule has 0 aromatic heterocycles. The maximum atomic E-state index is 12.7. The maximum Gasteiger partial charge on any atom is 0.337 e. The van der Waals surface area contributed by atoms with Gasteiger partial charge in [-0.15, -0.1) is 0 Å². The van der Waals surface area contributed by atoms with Crippen molar-refractivity contribution >= 4 is 78.4 Å². The minimum Gasteiger partial charge on any atom is -0.478 e. The second-order valence-corrected chi connectivity index (χ2v) is 7.99. The number of halogens is 1. The Labute approximate surface area is 189 Å². The van der Waals surface area contributed by atoms with Gasteiger partial charge in [-0.3, -0.25) is 9.59 Å². The number of hydrogen-bond donors (Lipinski definition) is 4. The van der Waals surface area contributed by atoms with Crippen molar-refractivity contribution in [3.8, 4) is 0 Å². The topological polar surface area (TPSA) is 161 Å². The molecule has 33 heavy (non-hydrogen) atoms. The summed E-state index contributed by atoms with van der Waals surface area (Å²) in [6.07, 6.45) is 0. The van der Waals surface area contributed by atoms with Crippen LogP contribution in [0.3, 0.4) is 0 Å². The first-order chi connectivity index (χ1) is 15.6. The van der Waals surface area contributed by atoms with Crippen LogP contribution in [0.25, 0.3) is 43.1 Å². The van der Waals surface area contributed by atoms with E-state index >= 15 is 0 Å². The molecule has 0 bridgehead atoms. The first-order valence-corrected chi connectivity index (χ1v) is 9.97. The third-order valence-electron chi connectivity index (χ3n) is 5.91. The van der Waals surface area contributed by atoms with E-state index in [2.05, 4.69) is 0 Å². The molecule has 0 saturated carbocycles. The van der Waals surface area contributed by atoms with Crippen molar-refractivity contribution in [2.75, 3.05) is 0 Å². The third-order valence-corrected chi connectivity index (χ3v) is 6.21. The van der Waals surface area contributed by atoms with Gasteiger partial charge in [-0.2, -0.15) is 0 Å². The fraction of sp³-hybridized carbons (Fsp3) is 0. The highest BCUT2D eigenvalue weighted by atomic mass is 35.5. The summed E-state index contributed by atoms with van der Waals surface area (Å²) in [6, 6.07) is 12.1. The molecule has 9 heteroatoms. The average Bonchev–Trinajstić information content (AvgIpc) is 2.74. The Morgan fingerprint density at radius 2 is 1.21 bits per heavy atom. The van der Waals surface area contributed by atoms with Gasteiger partial charge in [0.05, 0.1) is 27.3 Å². The number of nitrogens with two attached hydrogens (primary N) is 2. The van der Waals surface area contributed by atoms with E-state index in [1.165, 1.54) is 6.07 Å². The lowest BCUT2D eigenvalue weighted by atomic mass is 9.81. The van der Waals surface area contributed by atoms with Gasteiger partial charge in [-0.1, -0.05) is 48.0 Å². The van der Waals surface area contributed by atoms with Gasteiger partial charge in [0.2, 0.25) is 11.8 Å². The van der Waals surface area contributed by atoms with Crippen molar-refractivity contribution in [1.82, 2.24) is 0 Å². The summed E-state index contributed by atoms with van der Waals surface area (Å²) in [7, 11) is 0. The number of primary amides is 2. The molecular weight excluding hydrogens is 448 g/mol. The van der Waals surface area contributed by atoms with E-state index in [-0.39, 0.29) is 26.7 Å². The second-order valence-electron chi connectivity index (χ2n) is 7.58. The van der Waals surface area contributed by atoms with Crippen LogP contribution in [0.5, 0.6) is 0 Å². The molecule has 0 fully saturated rings.